The summed E-state index contributed by atoms with van der Waals surface area (Å²) < 4.78 is 1.04. The first-order chi connectivity index (χ1) is 8.69. The number of hydrogen-bond acceptors (Lipinski definition) is 2. The third-order valence-corrected chi connectivity index (χ3v) is 3.89. The van der Waals surface area contributed by atoms with E-state index < -0.39 is 0 Å². The van der Waals surface area contributed by atoms with Crippen molar-refractivity contribution in [3.63, 3.8) is 0 Å². The molecule has 0 aliphatic carbocycles. The number of halogens is 2. The van der Waals surface area contributed by atoms with Crippen LogP contribution in [0.4, 0.5) is 0 Å². The van der Waals surface area contributed by atoms with E-state index in [1.807, 2.05) is 24.3 Å². The quantitative estimate of drug-likeness (QED) is 0.312. The maximum atomic E-state index is 6.02. The summed E-state index contributed by atoms with van der Waals surface area (Å²) in [6, 6.07) is 5.92. The standard InChI is InChI=1S/C14H20BrClN2/c1-2-3-4-5-6-7-14(18-17)12-10-11(16)8-9-13(12)15/h2,8-10,14,18H,1,3-7,17H2. The molecule has 4 heteroatoms. The van der Waals surface area contributed by atoms with Gasteiger partial charge in [-0.25, -0.2) is 0 Å². The molecule has 1 atom stereocenters. The van der Waals surface area contributed by atoms with Crippen LogP contribution in [0.15, 0.2) is 35.3 Å². The molecule has 0 saturated carbocycles. The van der Waals surface area contributed by atoms with Crippen LogP contribution in [0.25, 0.3) is 0 Å². The van der Waals surface area contributed by atoms with E-state index in [0.717, 1.165) is 34.3 Å². The number of nitrogens with one attached hydrogen (secondary N) is 1. The van der Waals surface area contributed by atoms with Crippen molar-refractivity contribution in [2.45, 2.75) is 38.1 Å². The van der Waals surface area contributed by atoms with Gasteiger partial charge in [-0.15, -0.1) is 6.58 Å². The van der Waals surface area contributed by atoms with Gasteiger partial charge < -0.3 is 0 Å². The molecule has 0 aliphatic rings. The fourth-order valence-corrected chi connectivity index (χ4v) is 2.63. The number of unbranched alkanes of at least 4 members (excludes halogenated alkanes) is 3. The fraction of sp³-hybridized carbons (Fsp3) is 0.429. The summed E-state index contributed by atoms with van der Waals surface area (Å²) in [6.07, 6.45) is 7.59. The van der Waals surface area contributed by atoms with Crippen molar-refractivity contribution in [2.24, 2.45) is 5.84 Å². The molecule has 0 spiro atoms. The monoisotopic (exact) mass is 330 g/mol. The minimum Gasteiger partial charge on any atom is -0.271 e. The third-order valence-electron chi connectivity index (χ3n) is 2.94. The Hall–Kier alpha value is -0.350. The Balaban J connectivity index is 2.54. The zero-order valence-corrected chi connectivity index (χ0v) is 12.8. The Labute approximate surface area is 123 Å². The second-order valence-corrected chi connectivity index (χ2v) is 5.60. The van der Waals surface area contributed by atoms with Crippen molar-refractivity contribution in [2.75, 3.05) is 0 Å². The first-order valence-electron chi connectivity index (χ1n) is 6.21. The van der Waals surface area contributed by atoms with Gasteiger partial charge >= 0.3 is 0 Å². The van der Waals surface area contributed by atoms with Crippen molar-refractivity contribution in [3.8, 4) is 0 Å². The van der Waals surface area contributed by atoms with E-state index in [4.69, 9.17) is 17.4 Å². The predicted octanol–water partition coefficient (Wildman–Crippen LogP) is 4.74. The minimum atomic E-state index is 0.141. The fourth-order valence-electron chi connectivity index (χ4n) is 1.92. The van der Waals surface area contributed by atoms with Crippen LogP contribution in [-0.2, 0) is 0 Å². The summed E-state index contributed by atoms with van der Waals surface area (Å²) in [5.74, 6) is 5.63. The van der Waals surface area contributed by atoms with Gasteiger partial charge in [-0.05, 0) is 43.0 Å². The van der Waals surface area contributed by atoms with Gasteiger partial charge in [0, 0.05) is 15.5 Å². The molecule has 3 N–H and O–H groups in total. The summed E-state index contributed by atoms with van der Waals surface area (Å²) in [6.45, 7) is 3.73. The van der Waals surface area contributed by atoms with Gasteiger partial charge in [-0.3, -0.25) is 11.3 Å². The number of hydrazine groups is 1. The normalized spacial score (nSPS) is 12.4. The van der Waals surface area contributed by atoms with Gasteiger partial charge in [0.2, 0.25) is 0 Å². The average Bonchev–Trinajstić information content (AvgIpc) is 2.37. The Bertz CT molecular complexity index is 382. The zero-order valence-electron chi connectivity index (χ0n) is 10.5. The highest BCUT2D eigenvalue weighted by Gasteiger charge is 2.13. The van der Waals surface area contributed by atoms with Crippen molar-refractivity contribution in [1.29, 1.82) is 0 Å². The van der Waals surface area contributed by atoms with Gasteiger partial charge in [0.1, 0.15) is 0 Å². The molecule has 0 radical (unpaired) electrons. The summed E-state index contributed by atoms with van der Waals surface area (Å²) in [7, 11) is 0. The Morgan fingerprint density at radius 1 is 1.39 bits per heavy atom. The SMILES string of the molecule is C=CCCCCCC(NN)c1cc(Cl)ccc1Br. The van der Waals surface area contributed by atoms with Crippen LogP contribution in [0.3, 0.4) is 0 Å². The topological polar surface area (TPSA) is 38.0 Å². The molecular weight excluding hydrogens is 312 g/mol. The summed E-state index contributed by atoms with van der Waals surface area (Å²) in [5, 5.41) is 0.736. The molecule has 1 aromatic carbocycles. The van der Waals surface area contributed by atoms with Gasteiger partial charge in [-0.2, -0.15) is 0 Å². The number of benzene rings is 1. The smallest absolute Gasteiger partial charge is 0.0471 e. The van der Waals surface area contributed by atoms with Gasteiger partial charge in [0.05, 0.1) is 0 Å². The van der Waals surface area contributed by atoms with E-state index in [9.17, 15) is 0 Å². The van der Waals surface area contributed by atoms with Crippen LogP contribution in [0, 0.1) is 0 Å². The van der Waals surface area contributed by atoms with E-state index in [0.29, 0.717) is 0 Å². The average molecular weight is 332 g/mol. The molecule has 0 fully saturated rings. The van der Waals surface area contributed by atoms with Crippen LogP contribution in [0.1, 0.15) is 43.7 Å². The van der Waals surface area contributed by atoms with E-state index in [1.165, 1.54) is 12.8 Å². The molecule has 0 bridgehead atoms. The number of allylic oxidation sites excluding steroid dienone is 1. The Kier molecular flexibility index (Phi) is 7.59. The van der Waals surface area contributed by atoms with E-state index in [2.05, 4.69) is 27.9 Å². The van der Waals surface area contributed by atoms with Gasteiger partial charge in [0.15, 0.2) is 0 Å². The highest BCUT2D eigenvalue weighted by Crippen LogP contribution is 2.29. The first-order valence-corrected chi connectivity index (χ1v) is 7.38. The Morgan fingerprint density at radius 3 is 2.83 bits per heavy atom. The second kappa shape index (κ2) is 8.70. The highest BCUT2D eigenvalue weighted by atomic mass is 79.9. The molecule has 1 rings (SSSR count). The lowest BCUT2D eigenvalue weighted by Crippen LogP contribution is -2.28. The Morgan fingerprint density at radius 2 is 2.17 bits per heavy atom. The largest absolute Gasteiger partial charge is 0.271 e. The van der Waals surface area contributed by atoms with Crippen molar-refractivity contribution in [1.82, 2.24) is 5.43 Å². The number of hydrogen-bond donors (Lipinski definition) is 2. The van der Waals surface area contributed by atoms with Crippen molar-refractivity contribution in [3.05, 3.63) is 45.9 Å². The lowest BCUT2D eigenvalue weighted by molar-refractivity contribution is 0.482. The molecule has 0 aromatic heterocycles. The van der Waals surface area contributed by atoms with Gasteiger partial charge in [-0.1, -0.05) is 46.4 Å². The van der Waals surface area contributed by atoms with E-state index in [-0.39, 0.29) is 6.04 Å². The first kappa shape index (κ1) is 15.7. The molecule has 0 amide bonds. The molecule has 0 heterocycles. The minimum absolute atomic E-state index is 0.141. The lowest BCUT2D eigenvalue weighted by atomic mass is 10.0. The molecule has 100 valence electrons. The number of rotatable bonds is 8. The van der Waals surface area contributed by atoms with Crippen molar-refractivity contribution < 1.29 is 0 Å². The predicted molar refractivity (Wildman–Crippen MR) is 82.5 cm³/mol. The summed E-state index contributed by atoms with van der Waals surface area (Å²) in [5.41, 5.74) is 3.99. The maximum absolute atomic E-state index is 6.02. The van der Waals surface area contributed by atoms with Crippen molar-refractivity contribution >= 4 is 27.5 Å². The van der Waals surface area contributed by atoms with Crippen LogP contribution in [-0.4, -0.2) is 0 Å². The highest BCUT2D eigenvalue weighted by molar-refractivity contribution is 9.10. The van der Waals surface area contributed by atoms with Gasteiger partial charge in [0.25, 0.3) is 0 Å². The van der Waals surface area contributed by atoms with Crippen LogP contribution >= 0.6 is 27.5 Å². The molecule has 18 heavy (non-hydrogen) atoms. The molecule has 2 nitrogen and oxygen atoms in total. The zero-order chi connectivity index (χ0) is 13.4. The molecule has 1 unspecified atom stereocenters. The summed E-state index contributed by atoms with van der Waals surface area (Å²) >= 11 is 9.56. The van der Waals surface area contributed by atoms with Crippen LogP contribution in [0.5, 0.6) is 0 Å². The lowest BCUT2D eigenvalue weighted by Gasteiger charge is -2.18. The van der Waals surface area contributed by atoms with E-state index >= 15 is 0 Å². The van der Waals surface area contributed by atoms with Crippen LogP contribution < -0.4 is 11.3 Å². The molecule has 0 saturated heterocycles. The molecular formula is C14H20BrClN2. The summed E-state index contributed by atoms with van der Waals surface area (Å²) in [4.78, 5) is 0. The maximum Gasteiger partial charge on any atom is 0.0471 e. The number of nitrogens with two attached hydrogens (primary N) is 1. The molecule has 1 aromatic rings. The van der Waals surface area contributed by atoms with E-state index in [1.54, 1.807) is 0 Å². The molecule has 0 aliphatic heterocycles. The third kappa shape index (κ3) is 5.11. The van der Waals surface area contributed by atoms with Crippen LogP contribution in [0.2, 0.25) is 5.02 Å². The second-order valence-electron chi connectivity index (χ2n) is 4.31.